The number of pyridine rings is 1. The van der Waals surface area contributed by atoms with E-state index >= 15 is 0 Å². The molecule has 0 spiro atoms. The molecule has 0 unspecified atom stereocenters. The highest BCUT2D eigenvalue weighted by molar-refractivity contribution is 9.10. The van der Waals surface area contributed by atoms with E-state index in [1.807, 2.05) is 26.0 Å². The normalized spacial score (nSPS) is 11.5. The van der Waals surface area contributed by atoms with Gasteiger partial charge in [0.05, 0.1) is 23.8 Å². The van der Waals surface area contributed by atoms with E-state index in [4.69, 9.17) is 21.1 Å². The van der Waals surface area contributed by atoms with Crippen molar-refractivity contribution in [3.8, 4) is 11.6 Å². The van der Waals surface area contributed by atoms with Gasteiger partial charge in [-0.25, -0.2) is 9.37 Å². The first-order chi connectivity index (χ1) is 10.3. The molecule has 0 amide bonds. The Morgan fingerprint density at radius 2 is 1.86 bits per heavy atom. The fourth-order valence-electron chi connectivity index (χ4n) is 1.63. The molecule has 0 aliphatic carbocycles. The Kier molecular flexibility index (Phi) is 5.78. The Morgan fingerprint density at radius 1 is 1.18 bits per heavy atom. The van der Waals surface area contributed by atoms with Crippen molar-refractivity contribution >= 4 is 27.5 Å². The maximum absolute atomic E-state index is 13.8. The number of nitrogens with zero attached hydrogens (tertiary/aromatic N) is 1. The lowest BCUT2D eigenvalue weighted by Crippen LogP contribution is -2.19. The molecule has 0 N–H and O–H groups in total. The zero-order chi connectivity index (χ0) is 16.2. The quantitative estimate of drug-likeness (QED) is 0.628. The Morgan fingerprint density at radius 3 is 2.50 bits per heavy atom. The van der Waals surface area contributed by atoms with Crippen molar-refractivity contribution in [1.29, 1.82) is 0 Å². The molecule has 0 atom stereocenters. The van der Waals surface area contributed by atoms with Gasteiger partial charge in [-0.1, -0.05) is 15.9 Å². The van der Waals surface area contributed by atoms with E-state index in [0.29, 0.717) is 18.1 Å². The van der Waals surface area contributed by atoms with E-state index in [1.54, 1.807) is 18.2 Å². The third-order valence-corrected chi connectivity index (χ3v) is 3.23. The SMILES string of the molecule is CC(C)(Cl)COCc1ccc(F)c(Oc2ccc(Br)cc2)n1. The van der Waals surface area contributed by atoms with Gasteiger partial charge < -0.3 is 9.47 Å². The van der Waals surface area contributed by atoms with Crippen molar-refractivity contribution in [2.75, 3.05) is 6.61 Å². The molecule has 1 aromatic heterocycles. The lowest BCUT2D eigenvalue weighted by atomic mass is 10.2. The fraction of sp³-hybridized carbons (Fsp3) is 0.312. The molecule has 0 saturated carbocycles. The zero-order valence-electron chi connectivity index (χ0n) is 12.3. The van der Waals surface area contributed by atoms with Crippen LogP contribution in [0.3, 0.4) is 0 Å². The van der Waals surface area contributed by atoms with E-state index in [1.165, 1.54) is 6.07 Å². The van der Waals surface area contributed by atoms with Gasteiger partial charge in [0.15, 0.2) is 5.82 Å². The lowest BCUT2D eigenvalue weighted by Gasteiger charge is -2.15. The van der Waals surface area contributed by atoms with Crippen molar-refractivity contribution < 1.29 is 13.9 Å². The van der Waals surface area contributed by atoms with Crippen molar-refractivity contribution in [1.82, 2.24) is 4.98 Å². The number of alkyl halides is 1. The maximum atomic E-state index is 13.8. The first-order valence-electron chi connectivity index (χ1n) is 6.69. The molecular weight excluding hydrogens is 373 g/mol. The van der Waals surface area contributed by atoms with Crippen LogP contribution in [-0.4, -0.2) is 16.5 Å². The van der Waals surface area contributed by atoms with Crippen molar-refractivity contribution in [3.63, 3.8) is 0 Å². The largest absolute Gasteiger partial charge is 0.436 e. The summed E-state index contributed by atoms with van der Waals surface area (Å²) < 4.78 is 25.6. The van der Waals surface area contributed by atoms with Crippen LogP contribution in [0.5, 0.6) is 11.6 Å². The summed E-state index contributed by atoms with van der Waals surface area (Å²) >= 11 is 9.37. The Hall–Kier alpha value is -1.17. The second-order valence-corrected chi connectivity index (χ2v) is 7.30. The van der Waals surface area contributed by atoms with Gasteiger partial charge in [0.2, 0.25) is 0 Å². The monoisotopic (exact) mass is 387 g/mol. The van der Waals surface area contributed by atoms with Gasteiger partial charge in [-0.15, -0.1) is 11.6 Å². The van der Waals surface area contributed by atoms with Crippen molar-refractivity contribution in [2.45, 2.75) is 25.3 Å². The molecule has 0 aliphatic heterocycles. The van der Waals surface area contributed by atoms with Crippen LogP contribution in [-0.2, 0) is 11.3 Å². The molecule has 1 aromatic carbocycles. The summed E-state index contributed by atoms with van der Waals surface area (Å²) in [6.07, 6.45) is 0. The van der Waals surface area contributed by atoms with E-state index in [0.717, 1.165) is 4.47 Å². The predicted molar refractivity (Wildman–Crippen MR) is 88.0 cm³/mol. The summed E-state index contributed by atoms with van der Waals surface area (Å²) in [5.41, 5.74) is 0.578. The summed E-state index contributed by atoms with van der Waals surface area (Å²) in [6.45, 7) is 4.33. The van der Waals surface area contributed by atoms with Crippen LogP contribution in [0.2, 0.25) is 0 Å². The standard InChI is InChI=1S/C16H16BrClFNO2/c1-16(2,18)10-21-9-12-5-8-14(19)15(20-12)22-13-6-3-11(17)4-7-13/h3-8H,9-10H2,1-2H3. The number of hydrogen-bond donors (Lipinski definition) is 0. The molecule has 1 heterocycles. The number of hydrogen-bond acceptors (Lipinski definition) is 3. The average Bonchev–Trinajstić information content (AvgIpc) is 2.43. The van der Waals surface area contributed by atoms with Crippen LogP contribution in [0, 0.1) is 5.82 Å². The third-order valence-electron chi connectivity index (χ3n) is 2.59. The number of halogens is 3. The van der Waals surface area contributed by atoms with Crippen molar-refractivity contribution in [2.24, 2.45) is 0 Å². The van der Waals surface area contributed by atoms with Crippen LogP contribution in [0.4, 0.5) is 4.39 Å². The maximum Gasteiger partial charge on any atom is 0.256 e. The van der Waals surface area contributed by atoms with Gasteiger partial charge in [-0.05, 0) is 50.2 Å². The van der Waals surface area contributed by atoms with Crippen LogP contribution in [0.1, 0.15) is 19.5 Å². The summed E-state index contributed by atoms with van der Waals surface area (Å²) in [5, 5.41) is 0. The number of aromatic nitrogens is 1. The van der Waals surface area contributed by atoms with Crippen molar-refractivity contribution in [3.05, 3.63) is 52.4 Å². The van der Waals surface area contributed by atoms with E-state index in [2.05, 4.69) is 20.9 Å². The molecule has 0 saturated heterocycles. The molecule has 0 radical (unpaired) electrons. The van der Waals surface area contributed by atoms with Gasteiger partial charge >= 0.3 is 0 Å². The molecule has 6 heteroatoms. The van der Waals surface area contributed by atoms with Crippen LogP contribution < -0.4 is 4.74 Å². The topological polar surface area (TPSA) is 31.4 Å². The lowest BCUT2D eigenvalue weighted by molar-refractivity contribution is 0.102. The average molecular weight is 389 g/mol. The summed E-state index contributed by atoms with van der Waals surface area (Å²) in [5.74, 6) is -0.0903. The minimum absolute atomic E-state index is 0.0754. The molecule has 0 aliphatic rings. The smallest absolute Gasteiger partial charge is 0.256 e. The number of benzene rings is 1. The summed E-state index contributed by atoms with van der Waals surface area (Å²) in [7, 11) is 0. The molecule has 2 rings (SSSR count). The second-order valence-electron chi connectivity index (χ2n) is 5.36. The van der Waals surface area contributed by atoms with Gasteiger partial charge in [0.25, 0.3) is 5.88 Å². The van der Waals surface area contributed by atoms with Gasteiger partial charge in [0.1, 0.15) is 5.75 Å². The van der Waals surface area contributed by atoms with Crippen LogP contribution in [0.15, 0.2) is 40.9 Å². The van der Waals surface area contributed by atoms with Crippen LogP contribution >= 0.6 is 27.5 Å². The first kappa shape index (κ1) is 17.2. The zero-order valence-corrected chi connectivity index (χ0v) is 14.6. The fourth-order valence-corrected chi connectivity index (χ4v) is 1.97. The van der Waals surface area contributed by atoms with Gasteiger partial charge in [-0.2, -0.15) is 0 Å². The van der Waals surface area contributed by atoms with E-state index < -0.39 is 10.7 Å². The predicted octanol–water partition coefficient (Wildman–Crippen LogP) is 5.31. The molecule has 0 bridgehead atoms. The Labute approximate surface area is 142 Å². The highest BCUT2D eigenvalue weighted by Crippen LogP contribution is 2.24. The molecule has 22 heavy (non-hydrogen) atoms. The minimum atomic E-state index is -0.524. The van der Waals surface area contributed by atoms with Gasteiger partial charge in [0, 0.05) is 4.47 Å². The van der Waals surface area contributed by atoms with E-state index in [9.17, 15) is 4.39 Å². The van der Waals surface area contributed by atoms with Gasteiger partial charge in [-0.3, -0.25) is 0 Å². The highest BCUT2D eigenvalue weighted by atomic mass is 79.9. The molecular formula is C16H16BrClFNO2. The summed E-state index contributed by atoms with van der Waals surface area (Å²) in [6, 6.07) is 9.94. The second kappa shape index (κ2) is 7.40. The third kappa shape index (κ3) is 5.55. The number of rotatable bonds is 6. The van der Waals surface area contributed by atoms with Crippen LogP contribution in [0.25, 0.3) is 0 Å². The summed E-state index contributed by atoms with van der Waals surface area (Å²) in [4.78, 5) is 3.68. The van der Waals surface area contributed by atoms with E-state index in [-0.39, 0.29) is 12.5 Å². The Bertz CT molecular complexity index is 629. The Balaban J connectivity index is 2.05. The molecule has 0 fully saturated rings. The molecule has 118 valence electrons. The molecule has 3 nitrogen and oxygen atoms in total. The highest BCUT2D eigenvalue weighted by Gasteiger charge is 2.14. The number of ether oxygens (including phenoxy) is 2. The molecule has 2 aromatic rings. The first-order valence-corrected chi connectivity index (χ1v) is 7.86. The minimum Gasteiger partial charge on any atom is -0.436 e.